The highest BCUT2D eigenvalue weighted by molar-refractivity contribution is 6.35. The molecule has 0 aliphatic heterocycles. The van der Waals surface area contributed by atoms with Gasteiger partial charge in [0.2, 0.25) is 0 Å². The van der Waals surface area contributed by atoms with Crippen molar-refractivity contribution in [1.82, 2.24) is 5.32 Å². The number of nitrogens with one attached hydrogen (secondary N) is 1. The Balaban J connectivity index is 2.16. The van der Waals surface area contributed by atoms with Crippen LogP contribution in [-0.2, 0) is 4.74 Å². The van der Waals surface area contributed by atoms with E-state index in [9.17, 15) is 8.78 Å². The Kier molecular flexibility index (Phi) is 5.91. The van der Waals surface area contributed by atoms with Gasteiger partial charge in [0, 0.05) is 23.1 Å². The summed E-state index contributed by atoms with van der Waals surface area (Å²) in [5.74, 6) is 0. The molecule has 0 heterocycles. The van der Waals surface area contributed by atoms with Crippen LogP contribution in [0.2, 0.25) is 5.02 Å². The van der Waals surface area contributed by atoms with Gasteiger partial charge in [0.05, 0.1) is 0 Å². The molecule has 2 rings (SSSR count). The largest absolute Gasteiger partial charge is 0.375 e. The highest BCUT2D eigenvalue weighted by Gasteiger charge is 2.14. The molecule has 0 spiro atoms. The van der Waals surface area contributed by atoms with Gasteiger partial charge in [0.15, 0.2) is 0 Å². The van der Waals surface area contributed by atoms with Crippen LogP contribution in [0, 0.1) is 0 Å². The van der Waals surface area contributed by atoms with E-state index in [1.54, 1.807) is 0 Å². The molecule has 2 aromatic rings. The number of alkyl halides is 2. The van der Waals surface area contributed by atoms with Crippen molar-refractivity contribution in [1.29, 1.82) is 0 Å². The second-order valence-electron chi connectivity index (χ2n) is 4.78. The smallest absolute Gasteiger partial charge is 0.261 e. The normalized spacial score (nSPS) is 13.0. The van der Waals surface area contributed by atoms with Crippen LogP contribution < -0.4 is 5.32 Å². The van der Waals surface area contributed by atoms with Crippen LogP contribution in [0.4, 0.5) is 8.78 Å². The minimum absolute atomic E-state index is 0.0323. The summed E-state index contributed by atoms with van der Waals surface area (Å²) < 4.78 is 29.1. The van der Waals surface area contributed by atoms with Gasteiger partial charge in [-0.25, -0.2) is 8.78 Å². The minimum atomic E-state index is -2.42. The van der Waals surface area contributed by atoms with Crippen molar-refractivity contribution in [3.63, 3.8) is 0 Å². The molecule has 0 saturated carbocycles. The zero-order chi connectivity index (χ0) is 15.2. The summed E-state index contributed by atoms with van der Waals surface area (Å²) in [6, 6.07) is 11.8. The van der Waals surface area contributed by atoms with E-state index in [0.717, 1.165) is 16.3 Å². The van der Waals surface area contributed by atoms with Gasteiger partial charge in [-0.3, -0.25) is 0 Å². The zero-order valence-electron chi connectivity index (χ0n) is 11.8. The van der Waals surface area contributed by atoms with Crippen molar-refractivity contribution in [2.75, 3.05) is 20.3 Å². The molecule has 0 bridgehead atoms. The third kappa shape index (κ3) is 4.13. The number of benzene rings is 2. The van der Waals surface area contributed by atoms with Gasteiger partial charge in [0.25, 0.3) is 6.43 Å². The number of rotatable bonds is 7. The number of ether oxygens (including phenoxy) is 1. The first-order chi connectivity index (χ1) is 10.1. The molecule has 0 aliphatic rings. The van der Waals surface area contributed by atoms with Gasteiger partial charge in [-0.2, -0.15) is 0 Å². The summed E-state index contributed by atoms with van der Waals surface area (Å²) in [7, 11) is 1.85. The Labute approximate surface area is 128 Å². The average Bonchev–Trinajstić information content (AvgIpc) is 2.49. The maximum Gasteiger partial charge on any atom is 0.261 e. The lowest BCUT2D eigenvalue weighted by Crippen LogP contribution is -2.19. The van der Waals surface area contributed by atoms with Gasteiger partial charge >= 0.3 is 0 Å². The number of fused-ring (bicyclic) bond motifs is 1. The number of halogens is 3. The van der Waals surface area contributed by atoms with Crippen LogP contribution in [-0.4, -0.2) is 26.7 Å². The Bertz CT molecular complexity index is 591. The molecule has 0 aromatic heterocycles. The van der Waals surface area contributed by atoms with Gasteiger partial charge in [-0.15, -0.1) is 0 Å². The molecule has 114 valence electrons. The summed E-state index contributed by atoms with van der Waals surface area (Å²) in [6.07, 6.45) is -1.80. The number of hydrogen-bond donors (Lipinski definition) is 1. The predicted octanol–water partition coefficient (Wildman–Crippen LogP) is 4.43. The average molecular weight is 314 g/mol. The van der Waals surface area contributed by atoms with Gasteiger partial charge in [-0.1, -0.05) is 41.9 Å². The molecule has 1 unspecified atom stereocenters. The third-order valence-corrected chi connectivity index (χ3v) is 3.75. The summed E-state index contributed by atoms with van der Waals surface area (Å²) in [6.45, 7) is -0.232. The molecule has 0 fully saturated rings. The highest BCUT2D eigenvalue weighted by Crippen LogP contribution is 2.31. The molecule has 2 aromatic carbocycles. The second-order valence-corrected chi connectivity index (χ2v) is 5.19. The SMILES string of the molecule is CNC(CCOCC(F)F)c1ccc(Cl)c2ccccc12. The summed E-state index contributed by atoms with van der Waals surface area (Å²) in [4.78, 5) is 0. The lowest BCUT2D eigenvalue weighted by Gasteiger charge is -2.19. The Hall–Kier alpha value is -1.23. The van der Waals surface area contributed by atoms with E-state index in [-0.39, 0.29) is 12.6 Å². The van der Waals surface area contributed by atoms with Crippen molar-refractivity contribution in [3.8, 4) is 0 Å². The monoisotopic (exact) mass is 313 g/mol. The van der Waals surface area contributed by atoms with Crippen molar-refractivity contribution >= 4 is 22.4 Å². The highest BCUT2D eigenvalue weighted by atomic mass is 35.5. The Morgan fingerprint density at radius 3 is 2.52 bits per heavy atom. The molecule has 5 heteroatoms. The minimum Gasteiger partial charge on any atom is -0.375 e. The second kappa shape index (κ2) is 7.69. The first-order valence-corrected chi connectivity index (χ1v) is 7.21. The molecule has 0 saturated heterocycles. The summed E-state index contributed by atoms with van der Waals surface area (Å²) in [5, 5.41) is 5.97. The maximum absolute atomic E-state index is 12.1. The predicted molar refractivity (Wildman–Crippen MR) is 82.2 cm³/mol. The van der Waals surface area contributed by atoms with Crippen LogP contribution in [0.5, 0.6) is 0 Å². The molecule has 1 atom stereocenters. The van der Waals surface area contributed by atoms with E-state index >= 15 is 0 Å². The fraction of sp³-hybridized carbons (Fsp3) is 0.375. The molecule has 0 amide bonds. The van der Waals surface area contributed by atoms with Crippen molar-refractivity contribution < 1.29 is 13.5 Å². The van der Waals surface area contributed by atoms with E-state index in [1.807, 2.05) is 43.4 Å². The third-order valence-electron chi connectivity index (χ3n) is 3.42. The molecule has 21 heavy (non-hydrogen) atoms. The standard InChI is InChI=1S/C16H18ClF2NO/c1-20-15(8-9-21-10-16(18)19)13-6-7-14(17)12-5-3-2-4-11(12)13/h2-7,15-16,20H,8-10H2,1H3. The van der Waals surface area contributed by atoms with E-state index in [2.05, 4.69) is 5.32 Å². The summed E-state index contributed by atoms with van der Waals surface area (Å²) in [5.41, 5.74) is 1.10. The molecule has 2 nitrogen and oxygen atoms in total. The van der Waals surface area contributed by atoms with Gasteiger partial charge in [-0.05, 0) is 30.5 Å². The van der Waals surface area contributed by atoms with Crippen LogP contribution >= 0.6 is 11.6 Å². The zero-order valence-corrected chi connectivity index (χ0v) is 12.5. The van der Waals surface area contributed by atoms with E-state index in [4.69, 9.17) is 16.3 Å². The fourth-order valence-electron chi connectivity index (χ4n) is 2.42. The number of hydrogen-bond acceptors (Lipinski definition) is 2. The van der Waals surface area contributed by atoms with Crippen molar-refractivity contribution in [3.05, 3.63) is 47.0 Å². The van der Waals surface area contributed by atoms with Crippen LogP contribution in [0.1, 0.15) is 18.0 Å². The fourth-order valence-corrected chi connectivity index (χ4v) is 2.65. The van der Waals surface area contributed by atoms with Crippen LogP contribution in [0.15, 0.2) is 36.4 Å². The van der Waals surface area contributed by atoms with Gasteiger partial charge < -0.3 is 10.1 Å². The van der Waals surface area contributed by atoms with E-state index < -0.39 is 13.0 Å². The lowest BCUT2D eigenvalue weighted by atomic mass is 9.97. The van der Waals surface area contributed by atoms with E-state index in [1.165, 1.54) is 0 Å². The molecular weight excluding hydrogens is 296 g/mol. The van der Waals surface area contributed by atoms with E-state index in [0.29, 0.717) is 11.4 Å². The van der Waals surface area contributed by atoms with Crippen LogP contribution in [0.3, 0.4) is 0 Å². The molecular formula is C16H18ClF2NO. The van der Waals surface area contributed by atoms with Gasteiger partial charge in [0.1, 0.15) is 6.61 Å². The summed E-state index contributed by atoms with van der Waals surface area (Å²) >= 11 is 6.21. The molecule has 0 aliphatic carbocycles. The van der Waals surface area contributed by atoms with Crippen molar-refractivity contribution in [2.24, 2.45) is 0 Å². The van der Waals surface area contributed by atoms with Crippen LogP contribution in [0.25, 0.3) is 10.8 Å². The Morgan fingerprint density at radius 1 is 1.14 bits per heavy atom. The van der Waals surface area contributed by atoms with Crippen molar-refractivity contribution in [2.45, 2.75) is 18.9 Å². The maximum atomic E-state index is 12.1. The quantitative estimate of drug-likeness (QED) is 0.764. The first kappa shape index (κ1) is 16.1. The first-order valence-electron chi connectivity index (χ1n) is 6.83. The Morgan fingerprint density at radius 2 is 1.86 bits per heavy atom. The molecule has 0 radical (unpaired) electrons. The lowest BCUT2D eigenvalue weighted by molar-refractivity contribution is 0.0146. The topological polar surface area (TPSA) is 21.3 Å². The molecule has 1 N–H and O–H groups in total.